The van der Waals surface area contributed by atoms with Crippen LogP contribution in [0.1, 0.15) is 30.5 Å². The minimum atomic E-state index is 0.168. The van der Waals surface area contributed by atoms with E-state index >= 15 is 0 Å². The van der Waals surface area contributed by atoms with Crippen LogP contribution in [0.2, 0.25) is 0 Å². The zero-order valence-electron chi connectivity index (χ0n) is 7.94. The number of hydrogen-bond donors (Lipinski definition) is 1. The molecule has 2 rings (SSSR count). The fourth-order valence-corrected chi connectivity index (χ4v) is 1.93. The molecular weight excluding hydrogens is 146 g/mol. The third kappa shape index (κ3) is 0.969. The third-order valence-corrected chi connectivity index (χ3v) is 2.79. The van der Waals surface area contributed by atoms with Crippen molar-refractivity contribution in [2.75, 3.05) is 0 Å². The molecule has 1 aromatic carbocycles. The molecular formula is C11H15N. The molecule has 0 fully saturated rings. The molecule has 64 valence electrons. The van der Waals surface area contributed by atoms with Crippen LogP contribution >= 0.6 is 0 Å². The fraction of sp³-hybridized carbons (Fsp3) is 0.455. The zero-order chi connectivity index (χ0) is 8.77. The highest BCUT2D eigenvalue weighted by molar-refractivity contribution is 5.41. The highest BCUT2D eigenvalue weighted by Gasteiger charge is 2.29. The first-order valence-electron chi connectivity index (χ1n) is 4.45. The van der Waals surface area contributed by atoms with E-state index in [-0.39, 0.29) is 5.54 Å². The van der Waals surface area contributed by atoms with Crippen LogP contribution in [0.15, 0.2) is 18.2 Å². The lowest BCUT2D eigenvalue weighted by atomic mass is 9.93. The van der Waals surface area contributed by atoms with Crippen molar-refractivity contribution in [3.8, 4) is 0 Å². The molecule has 0 aromatic heterocycles. The van der Waals surface area contributed by atoms with Gasteiger partial charge in [-0.3, -0.25) is 0 Å². The van der Waals surface area contributed by atoms with Gasteiger partial charge in [-0.2, -0.15) is 0 Å². The van der Waals surface area contributed by atoms with Crippen LogP contribution in [-0.4, -0.2) is 0 Å². The molecule has 0 saturated heterocycles. The predicted molar refractivity (Wildman–Crippen MR) is 51.0 cm³/mol. The van der Waals surface area contributed by atoms with E-state index in [9.17, 15) is 0 Å². The molecule has 0 spiro atoms. The van der Waals surface area contributed by atoms with Crippen LogP contribution in [0.3, 0.4) is 0 Å². The lowest BCUT2D eigenvalue weighted by molar-refractivity contribution is 0.442. The molecule has 1 aromatic rings. The molecule has 1 aliphatic heterocycles. The summed E-state index contributed by atoms with van der Waals surface area (Å²) in [7, 11) is 0. The Morgan fingerprint density at radius 1 is 1.33 bits per heavy atom. The number of fused-ring (bicyclic) bond motifs is 1. The first-order valence-corrected chi connectivity index (χ1v) is 4.45. The summed E-state index contributed by atoms with van der Waals surface area (Å²) in [4.78, 5) is 0. The van der Waals surface area contributed by atoms with Gasteiger partial charge in [0.15, 0.2) is 0 Å². The lowest BCUT2D eigenvalue weighted by Gasteiger charge is -2.19. The fourth-order valence-electron chi connectivity index (χ4n) is 1.93. The van der Waals surface area contributed by atoms with E-state index in [0.29, 0.717) is 0 Å². The maximum atomic E-state index is 3.50. The predicted octanol–water partition coefficient (Wildman–Crippen LogP) is 2.33. The quantitative estimate of drug-likeness (QED) is 0.615. The van der Waals surface area contributed by atoms with Crippen molar-refractivity contribution in [1.82, 2.24) is 5.32 Å². The average Bonchev–Trinajstić information content (AvgIpc) is 2.30. The Labute approximate surface area is 73.8 Å². The molecule has 12 heavy (non-hydrogen) atoms. The monoisotopic (exact) mass is 161 g/mol. The molecule has 0 bridgehead atoms. The summed E-state index contributed by atoms with van der Waals surface area (Å²) >= 11 is 0. The van der Waals surface area contributed by atoms with Crippen LogP contribution in [0.25, 0.3) is 0 Å². The summed E-state index contributed by atoms with van der Waals surface area (Å²) in [5.41, 5.74) is 4.53. The summed E-state index contributed by atoms with van der Waals surface area (Å²) in [5.74, 6) is 0. The van der Waals surface area contributed by atoms with Crippen LogP contribution in [-0.2, 0) is 12.1 Å². The van der Waals surface area contributed by atoms with Gasteiger partial charge in [-0.1, -0.05) is 18.2 Å². The second-order valence-electron chi connectivity index (χ2n) is 4.08. The van der Waals surface area contributed by atoms with Crippen molar-refractivity contribution < 1.29 is 0 Å². The smallest absolute Gasteiger partial charge is 0.0383 e. The Kier molecular flexibility index (Phi) is 1.52. The van der Waals surface area contributed by atoms with Gasteiger partial charge in [0.2, 0.25) is 0 Å². The number of aryl methyl sites for hydroxylation is 1. The van der Waals surface area contributed by atoms with Gasteiger partial charge in [0.1, 0.15) is 0 Å². The molecule has 0 amide bonds. The largest absolute Gasteiger partial charge is 0.304 e. The molecule has 1 heteroatoms. The molecule has 0 radical (unpaired) electrons. The standard InChI is InChI=1S/C11H15N/c1-8-5-4-6-10-9(8)7-12-11(10,2)3/h4-6,12H,7H2,1-3H3. The van der Waals surface area contributed by atoms with Gasteiger partial charge in [0, 0.05) is 12.1 Å². The van der Waals surface area contributed by atoms with Gasteiger partial charge in [-0.05, 0) is 37.5 Å². The lowest BCUT2D eigenvalue weighted by Crippen LogP contribution is -2.28. The van der Waals surface area contributed by atoms with Crippen molar-refractivity contribution in [2.45, 2.75) is 32.9 Å². The van der Waals surface area contributed by atoms with Crippen molar-refractivity contribution >= 4 is 0 Å². The minimum absolute atomic E-state index is 0.168. The molecule has 1 nitrogen and oxygen atoms in total. The Hall–Kier alpha value is -0.820. The summed E-state index contributed by atoms with van der Waals surface area (Å²) < 4.78 is 0. The van der Waals surface area contributed by atoms with Gasteiger partial charge in [-0.25, -0.2) is 0 Å². The molecule has 1 aliphatic rings. The maximum absolute atomic E-state index is 3.50. The topological polar surface area (TPSA) is 12.0 Å². The van der Waals surface area contributed by atoms with E-state index in [4.69, 9.17) is 0 Å². The molecule has 0 atom stereocenters. The normalized spacial score (nSPS) is 19.2. The summed E-state index contributed by atoms with van der Waals surface area (Å²) in [6.07, 6.45) is 0. The Morgan fingerprint density at radius 3 is 2.75 bits per heavy atom. The van der Waals surface area contributed by atoms with E-state index in [1.807, 2.05) is 0 Å². The minimum Gasteiger partial charge on any atom is -0.304 e. The van der Waals surface area contributed by atoms with Gasteiger partial charge in [0.25, 0.3) is 0 Å². The highest BCUT2D eigenvalue weighted by atomic mass is 15.0. The third-order valence-electron chi connectivity index (χ3n) is 2.79. The van der Waals surface area contributed by atoms with Crippen molar-refractivity contribution in [3.63, 3.8) is 0 Å². The Balaban J connectivity index is 2.61. The molecule has 0 unspecified atom stereocenters. The second-order valence-corrected chi connectivity index (χ2v) is 4.08. The first kappa shape index (κ1) is 7.81. The highest BCUT2D eigenvalue weighted by Crippen LogP contribution is 2.31. The summed E-state index contributed by atoms with van der Waals surface area (Å²) in [5, 5.41) is 3.50. The van der Waals surface area contributed by atoms with E-state index in [1.165, 1.54) is 16.7 Å². The van der Waals surface area contributed by atoms with Crippen LogP contribution in [0, 0.1) is 6.92 Å². The van der Waals surface area contributed by atoms with Crippen molar-refractivity contribution in [3.05, 3.63) is 34.9 Å². The van der Waals surface area contributed by atoms with Gasteiger partial charge >= 0.3 is 0 Å². The maximum Gasteiger partial charge on any atom is 0.0383 e. The van der Waals surface area contributed by atoms with Crippen molar-refractivity contribution in [2.24, 2.45) is 0 Å². The molecule has 0 saturated carbocycles. The number of nitrogens with one attached hydrogen (secondary N) is 1. The van der Waals surface area contributed by atoms with E-state index < -0.39 is 0 Å². The SMILES string of the molecule is Cc1cccc2c1CNC2(C)C. The summed E-state index contributed by atoms with van der Waals surface area (Å²) in [6.45, 7) is 7.67. The van der Waals surface area contributed by atoms with Gasteiger partial charge < -0.3 is 5.32 Å². The van der Waals surface area contributed by atoms with E-state index in [0.717, 1.165) is 6.54 Å². The second kappa shape index (κ2) is 2.33. The summed E-state index contributed by atoms with van der Waals surface area (Å²) in [6, 6.07) is 6.55. The Bertz CT molecular complexity index is 313. The van der Waals surface area contributed by atoms with Crippen molar-refractivity contribution in [1.29, 1.82) is 0 Å². The van der Waals surface area contributed by atoms with Gasteiger partial charge in [0.05, 0.1) is 0 Å². The first-order chi connectivity index (χ1) is 5.61. The van der Waals surface area contributed by atoms with E-state index in [2.05, 4.69) is 44.3 Å². The van der Waals surface area contributed by atoms with Crippen LogP contribution < -0.4 is 5.32 Å². The average molecular weight is 161 g/mol. The van der Waals surface area contributed by atoms with E-state index in [1.54, 1.807) is 0 Å². The van der Waals surface area contributed by atoms with Crippen LogP contribution in [0.4, 0.5) is 0 Å². The molecule has 1 N–H and O–H groups in total. The van der Waals surface area contributed by atoms with Crippen LogP contribution in [0.5, 0.6) is 0 Å². The number of hydrogen-bond acceptors (Lipinski definition) is 1. The number of benzene rings is 1. The molecule has 1 heterocycles. The number of rotatable bonds is 0. The van der Waals surface area contributed by atoms with Gasteiger partial charge in [-0.15, -0.1) is 0 Å². The molecule has 0 aliphatic carbocycles. The Morgan fingerprint density at radius 2 is 2.08 bits per heavy atom. The zero-order valence-corrected chi connectivity index (χ0v) is 7.94.